The van der Waals surface area contributed by atoms with Crippen molar-refractivity contribution >= 4 is 40.9 Å². The van der Waals surface area contributed by atoms with Gasteiger partial charge in [-0.1, -0.05) is 29.4 Å². The third-order valence-corrected chi connectivity index (χ3v) is 3.42. The van der Waals surface area contributed by atoms with Crippen LogP contribution < -0.4 is 5.32 Å². The Labute approximate surface area is 128 Å². The Morgan fingerprint density at radius 2 is 2.24 bits per heavy atom. The number of carboxylic acid groups (broad SMARTS) is 1. The molecule has 0 bridgehead atoms. The van der Waals surface area contributed by atoms with Crippen LogP contribution in [-0.4, -0.2) is 42.9 Å². The van der Waals surface area contributed by atoms with Gasteiger partial charge in [0.2, 0.25) is 11.1 Å². The van der Waals surface area contributed by atoms with Crippen molar-refractivity contribution in [2.24, 2.45) is 0 Å². The van der Waals surface area contributed by atoms with E-state index in [1.165, 1.54) is 0 Å². The summed E-state index contributed by atoms with van der Waals surface area (Å²) in [6, 6.07) is 6.76. The maximum Gasteiger partial charge on any atom is 0.325 e. The number of nitrogens with zero attached hydrogens (tertiary/aromatic N) is 4. The number of carbonyl (C=O) groups excluding carboxylic acids is 1. The molecule has 0 spiro atoms. The molecule has 0 unspecified atom stereocenters. The minimum absolute atomic E-state index is 0.0481. The number of rotatable bonds is 6. The zero-order valence-corrected chi connectivity index (χ0v) is 12.1. The van der Waals surface area contributed by atoms with Gasteiger partial charge in [0, 0.05) is 10.7 Å². The molecule has 0 aliphatic rings. The summed E-state index contributed by atoms with van der Waals surface area (Å²) >= 11 is 6.86. The van der Waals surface area contributed by atoms with Gasteiger partial charge in [0.1, 0.15) is 6.54 Å². The van der Waals surface area contributed by atoms with Crippen LogP contribution in [0.5, 0.6) is 0 Å². The molecule has 2 aromatic rings. The van der Waals surface area contributed by atoms with Crippen molar-refractivity contribution in [2.75, 3.05) is 11.1 Å². The summed E-state index contributed by atoms with van der Waals surface area (Å²) in [5.41, 5.74) is 0.582. The number of thioether (sulfide) groups is 1. The van der Waals surface area contributed by atoms with Crippen LogP contribution in [-0.2, 0) is 16.1 Å². The number of anilines is 1. The van der Waals surface area contributed by atoms with Crippen LogP contribution in [0.2, 0.25) is 5.02 Å². The molecule has 1 heterocycles. The predicted molar refractivity (Wildman–Crippen MR) is 76.3 cm³/mol. The van der Waals surface area contributed by atoms with Crippen molar-refractivity contribution in [1.29, 1.82) is 0 Å². The first-order valence-electron chi connectivity index (χ1n) is 5.71. The van der Waals surface area contributed by atoms with E-state index in [0.29, 0.717) is 10.7 Å². The van der Waals surface area contributed by atoms with E-state index in [4.69, 9.17) is 16.7 Å². The third-order valence-electron chi connectivity index (χ3n) is 2.22. The minimum Gasteiger partial charge on any atom is -0.480 e. The fraction of sp³-hybridized carbons (Fsp3) is 0.182. The number of halogens is 1. The molecule has 0 fully saturated rings. The Hall–Kier alpha value is -2.13. The van der Waals surface area contributed by atoms with E-state index < -0.39 is 5.97 Å². The number of hydrogen-bond acceptors (Lipinski definition) is 6. The number of carboxylic acids is 1. The summed E-state index contributed by atoms with van der Waals surface area (Å²) in [4.78, 5) is 22.4. The maximum atomic E-state index is 11.8. The topological polar surface area (TPSA) is 110 Å². The van der Waals surface area contributed by atoms with E-state index in [0.717, 1.165) is 16.4 Å². The number of carbonyl (C=O) groups is 2. The molecule has 1 amide bonds. The third kappa shape index (κ3) is 4.72. The van der Waals surface area contributed by atoms with Gasteiger partial charge in [0.25, 0.3) is 0 Å². The van der Waals surface area contributed by atoms with E-state index >= 15 is 0 Å². The number of amides is 1. The van der Waals surface area contributed by atoms with Crippen LogP contribution in [0.4, 0.5) is 5.69 Å². The average Bonchev–Trinajstić information content (AvgIpc) is 2.83. The predicted octanol–water partition coefficient (Wildman–Crippen LogP) is 1.14. The highest BCUT2D eigenvalue weighted by Gasteiger charge is 2.12. The second-order valence-corrected chi connectivity index (χ2v) is 5.24. The Bertz CT molecular complexity index is 663. The molecule has 0 radical (unpaired) electrons. The molecule has 10 heteroatoms. The fourth-order valence-electron chi connectivity index (χ4n) is 1.42. The molecule has 2 rings (SSSR count). The Balaban J connectivity index is 1.89. The van der Waals surface area contributed by atoms with E-state index in [2.05, 4.69) is 20.8 Å². The highest BCUT2D eigenvalue weighted by molar-refractivity contribution is 7.99. The van der Waals surface area contributed by atoms with Gasteiger partial charge < -0.3 is 10.4 Å². The molecular weight excluding hydrogens is 318 g/mol. The molecule has 8 nitrogen and oxygen atoms in total. The van der Waals surface area contributed by atoms with Crippen LogP contribution in [0.1, 0.15) is 0 Å². The number of hydrogen-bond donors (Lipinski definition) is 2. The maximum absolute atomic E-state index is 11.8. The van der Waals surface area contributed by atoms with Gasteiger partial charge in [-0.3, -0.25) is 9.59 Å². The highest BCUT2D eigenvalue weighted by atomic mass is 35.5. The van der Waals surface area contributed by atoms with E-state index in [1.807, 2.05) is 0 Å². The molecular formula is C11H10ClN5O3S. The van der Waals surface area contributed by atoms with Gasteiger partial charge in [-0.05, 0) is 28.6 Å². The first-order chi connectivity index (χ1) is 10.0. The number of aromatic nitrogens is 4. The second kappa shape index (κ2) is 7.04. The summed E-state index contributed by atoms with van der Waals surface area (Å²) in [5, 5.41) is 22.7. The van der Waals surface area contributed by atoms with Crippen molar-refractivity contribution in [3.8, 4) is 0 Å². The summed E-state index contributed by atoms with van der Waals surface area (Å²) in [6.45, 7) is -0.356. The standard InChI is InChI=1S/C11H10ClN5O3S/c12-7-2-1-3-8(4-7)13-9(18)6-21-11-14-15-16-17(11)5-10(19)20/h1-4H,5-6H2,(H,13,18)(H,19,20). The summed E-state index contributed by atoms with van der Waals surface area (Å²) in [5.74, 6) is -1.29. The molecule has 2 N–H and O–H groups in total. The largest absolute Gasteiger partial charge is 0.480 e. The first kappa shape index (κ1) is 15.3. The summed E-state index contributed by atoms with van der Waals surface area (Å²) in [7, 11) is 0. The number of aliphatic carboxylic acids is 1. The Morgan fingerprint density at radius 3 is 2.95 bits per heavy atom. The normalized spacial score (nSPS) is 10.3. The quantitative estimate of drug-likeness (QED) is 0.765. The Kier molecular flexibility index (Phi) is 5.12. The molecule has 0 aliphatic carbocycles. The van der Waals surface area contributed by atoms with Gasteiger partial charge in [-0.15, -0.1) is 5.10 Å². The second-order valence-electron chi connectivity index (χ2n) is 3.86. The molecule has 110 valence electrons. The van der Waals surface area contributed by atoms with Gasteiger partial charge in [0.15, 0.2) is 0 Å². The molecule has 0 atom stereocenters. The molecule has 1 aromatic carbocycles. The van der Waals surface area contributed by atoms with Gasteiger partial charge in [0.05, 0.1) is 5.75 Å². The molecule has 0 aliphatic heterocycles. The Morgan fingerprint density at radius 1 is 1.43 bits per heavy atom. The molecule has 1 aromatic heterocycles. The summed E-state index contributed by atoms with van der Waals surface area (Å²) < 4.78 is 1.11. The highest BCUT2D eigenvalue weighted by Crippen LogP contribution is 2.17. The van der Waals surface area contributed by atoms with Crippen LogP contribution in [0, 0.1) is 0 Å². The lowest BCUT2D eigenvalue weighted by molar-refractivity contribution is -0.138. The smallest absolute Gasteiger partial charge is 0.325 e. The first-order valence-corrected chi connectivity index (χ1v) is 7.07. The van der Waals surface area contributed by atoms with Crippen LogP contribution in [0.25, 0.3) is 0 Å². The zero-order chi connectivity index (χ0) is 15.2. The monoisotopic (exact) mass is 327 g/mol. The lowest BCUT2D eigenvalue weighted by Gasteiger charge is -2.05. The van der Waals surface area contributed by atoms with Gasteiger partial charge >= 0.3 is 5.97 Å². The van der Waals surface area contributed by atoms with Gasteiger partial charge in [-0.25, -0.2) is 4.68 Å². The van der Waals surface area contributed by atoms with Crippen molar-refractivity contribution in [2.45, 2.75) is 11.7 Å². The minimum atomic E-state index is -1.06. The SMILES string of the molecule is O=C(O)Cn1nnnc1SCC(=O)Nc1cccc(Cl)c1. The van der Waals surface area contributed by atoms with Crippen molar-refractivity contribution in [3.05, 3.63) is 29.3 Å². The van der Waals surface area contributed by atoms with Crippen LogP contribution >= 0.6 is 23.4 Å². The number of benzene rings is 1. The molecule has 0 saturated carbocycles. The van der Waals surface area contributed by atoms with Crippen LogP contribution in [0.3, 0.4) is 0 Å². The van der Waals surface area contributed by atoms with Crippen LogP contribution in [0.15, 0.2) is 29.4 Å². The number of tetrazole rings is 1. The van der Waals surface area contributed by atoms with Crippen molar-refractivity contribution < 1.29 is 14.7 Å². The van der Waals surface area contributed by atoms with E-state index in [-0.39, 0.29) is 23.4 Å². The molecule has 21 heavy (non-hydrogen) atoms. The lowest BCUT2D eigenvalue weighted by Crippen LogP contribution is -2.16. The van der Waals surface area contributed by atoms with Crippen molar-refractivity contribution in [1.82, 2.24) is 20.2 Å². The summed E-state index contributed by atoms with van der Waals surface area (Å²) in [6.07, 6.45) is 0. The molecule has 0 saturated heterocycles. The fourth-order valence-corrected chi connectivity index (χ4v) is 2.29. The average molecular weight is 328 g/mol. The van der Waals surface area contributed by atoms with Gasteiger partial charge in [-0.2, -0.15) is 0 Å². The lowest BCUT2D eigenvalue weighted by atomic mass is 10.3. The zero-order valence-electron chi connectivity index (χ0n) is 10.6. The van der Waals surface area contributed by atoms with Crippen molar-refractivity contribution in [3.63, 3.8) is 0 Å². The van der Waals surface area contributed by atoms with E-state index in [1.54, 1.807) is 24.3 Å². The number of nitrogens with one attached hydrogen (secondary N) is 1. The van der Waals surface area contributed by atoms with E-state index in [9.17, 15) is 9.59 Å².